The summed E-state index contributed by atoms with van der Waals surface area (Å²) < 4.78 is 17.4. The first-order chi connectivity index (χ1) is 20.9. The van der Waals surface area contributed by atoms with Crippen LogP contribution >= 0.6 is 0 Å². The number of nitrogens with zero attached hydrogens (tertiary/aromatic N) is 4. The van der Waals surface area contributed by atoms with E-state index >= 15 is 0 Å². The number of ether oxygens (including phenoxy) is 3. The number of carbonyl (C=O) groups excluding carboxylic acids is 3. The molecular formula is C32H35N5O6. The van der Waals surface area contributed by atoms with Crippen LogP contribution in [0.5, 0.6) is 11.5 Å². The number of para-hydroxylation sites is 1. The molecule has 1 saturated carbocycles. The lowest BCUT2D eigenvalue weighted by molar-refractivity contribution is -0.127. The van der Waals surface area contributed by atoms with Gasteiger partial charge >= 0.3 is 5.97 Å². The fourth-order valence-corrected chi connectivity index (χ4v) is 5.54. The SMILES string of the molecule is COC(=O)c1cccc(N(C(=O)Cn2nnc3ccccc32)[C@@H](C(=O)NC2CCCCC2)c2ccc(OC)c(OC)c2)c1. The molecule has 1 N–H and O–H groups in total. The summed E-state index contributed by atoms with van der Waals surface area (Å²) in [4.78, 5) is 42.5. The molecule has 3 aromatic carbocycles. The highest BCUT2D eigenvalue weighted by Gasteiger charge is 2.35. The van der Waals surface area contributed by atoms with Gasteiger partial charge in [-0.25, -0.2) is 9.48 Å². The van der Waals surface area contributed by atoms with Gasteiger partial charge in [0, 0.05) is 11.7 Å². The maximum atomic E-state index is 14.4. The third kappa shape index (κ3) is 6.45. The molecule has 0 bridgehead atoms. The Labute approximate surface area is 249 Å². The second-order valence-electron chi connectivity index (χ2n) is 10.4. The van der Waals surface area contributed by atoms with Gasteiger partial charge in [0.1, 0.15) is 18.1 Å². The highest BCUT2D eigenvalue weighted by molar-refractivity contribution is 6.02. The van der Waals surface area contributed by atoms with Crippen molar-refractivity contribution in [2.45, 2.75) is 50.7 Å². The van der Waals surface area contributed by atoms with Crippen molar-refractivity contribution in [3.8, 4) is 11.5 Å². The van der Waals surface area contributed by atoms with E-state index in [1.54, 1.807) is 42.5 Å². The molecular weight excluding hydrogens is 550 g/mol. The molecule has 0 unspecified atom stereocenters. The zero-order valence-corrected chi connectivity index (χ0v) is 24.5. The number of aromatic nitrogens is 3. The number of esters is 1. The van der Waals surface area contributed by atoms with Crippen LogP contribution < -0.4 is 19.7 Å². The van der Waals surface area contributed by atoms with Crippen LogP contribution in [0.2, 0.25) is 0 Å². The summed E-state index contributed by atoms with van der Waals surface area (Å²) in [5.41, 5.74) is 2.40. The summed E-state index contributed by atoms with van der Waals surface area (Å²) in [6.45, 7) is -0.205. The smallest absolute Gasteiger partial charge is 0.337 e. The van der Waals surface area contributed by atoms with E-state index in [0.717, 1.165) is 32.1 Å². The molecule has 1 atom stereocenters. The molecule has 1 aliphatic rings. The highest BCUT2D eigenvalue weighted by atomic mass is 16.5. The van der Waals surface area contributed by atoms with E-state index in [9.17, 15) is 14.4 Å². The molecule has 5 rings (SSSR count). The first-order valence-electron chi connectivity index (χ1n) is 14.2. The van der Waals surface area contributed by atoms with E-state index in [1.165, 1.54) is 30.9 Å². The Morgan fingerprint density at radius 3 is 2.44 bits per heavy atom. The molecule has 1 aliphatic carbocycles. The number of hydrogen-bond donors (Lipinski definition) is 1. The summed E-state index contributed by atoms with van der Waals surface area (Å²) in [5, 5.41) is 11.6. The van der Waals surface area contributed by atoms with E-state index in [0.29, 0.717) is 33.8 Å². The minimum atomic E-state index is -1.11. The molecule has 2 amide bonds. The quantitative estimate of drug-likeness (QED) is 0.271. The fraction of sp³-hybridized carbons (Fsp3) is 0.344. The second kappa shape index (κ2) is 13.4. The zero-order valence-electron chi connectivity index (χ0n) is 24.5. The first kappa shape index (κ1) is 29.6. The summed E-state index contributed by atoms with van der Waals surface area (Å²) in [5.74, 6) is -0.452. The molecule has 0 saturated heterocycles. The Bertz CT molecular complexity index is 1610. The van der Waals surface area contributed by atoms with Crippen LogP contribution in [0.25, 0.3) is 11.0 Å². The molecule has 11 nitrogen and oxygen atoms in total. The molecule has 1 aromatic heterocycles. The Morgan fingerprint density at radius 1 is 0.930 bits per heavy atom. The van der Waals surface area contributed by atoms with Gasteiger partial charge < -0.3 is 19.5 Å². The molecule has 4 aromatic rings. The Balaban J connectivity index is 1.63. The van der Waals surface area contributed by atoms with Crippen LogP contribution in [0.1, 0.15) is 54.1 Å². The van der Waals surface area contributed by atoms with Crippen molar-refractivity contribution >= 4 is 34.5 Å². The first-order valence-corrected chi connectivity index (χ1v) is 14.2. The van der Waals surface area contributed by atoms with Crippen molar-refractivity contribution in [3.63, 3.8) is 0 Å². The van der Waals surface area contributed by atoms with Crippen LogP contribution in [0.3, 0.4) is 0 Å². The minimum absolute atomic E-state index is 0.0125. The van der Waals surface area contributed by atoms with Crippen molar-refractivity contribution in [1.82, 2.24) is 20.3 Å². The van der Waals surface area contributed by atoms with Gasteiger partial charge in [-0.05, 0) is 60.9 Å². The van der Waals surface area contributed by atoms with Gasteiger partial charge in [-0.15, -0.1) is 5.10 Å². The predicted molar refractivity (Wildman–Crippen MR) is 160 cm³/mol. The van der Waals surface area contributed by atoms with Crippen molar-refractivity contribution < 1.29 is 28.6 Å². The van der Waals surface area contributed by atoms with Crippen LogP contribution in [0.15, 0.2) is 66.7 Å². The van der Waals surface area contributed by atoms with Crippen LogP contribution in [-0.4, -0.2) is 60.1 Å². The highest BCUT2D eigenvalue weighted by Crippen LogP contribution is 2.35. The van der Waals surface area contributed by atoms with E-state index in [2.05, 4.69) is 15.6 Å². The monoisotopic (exact) mass is 585 g/mol. The van der Waals surface area contributed by atoms with Gasteiger partial charge in [0.05, 0.1) is 32.4 Å². The second-order valence-corrected chi connectivity index (χ2v) is 10.4. The van der Waals surface area contributed by atoms with Crippen LogP contribution in [0, 0.1) is 0 Å². The Morgan fingerprint density at radius 2 is 1.70 bits per heavy atom. The van der Waals surface area contributed by atoms with Crippen molar-refractivity contribution in [2.24, 2.45) is 0 Å². The number of hydrogen-bond acceptors (Lipinski definition) is 8. The molecule has 11 heteroatoms. The molecule has 224 valence electrons. The summed E-state index contributed by atoms with van der Waals surface area (Å²) in [6.07, 6.45) is 4.90. The van der Waals surface area contributed by atoms with Crippen molar-refractivity contribution in [1.29, 1.82) is 0 Å². The Hall–Kier alpha value is -4.93. The van der Waals surface area contributed by atoms with E-state index in [-0.39, 0.29) is 24.1 Å². The number of amides is 2. The normalized spacial score (nSPS) is 14.1. The van der Waals surface area contributed by atoms with Gasteiger partial charge in [0.15, 0.2) is 11.5 Å². The fourth-order valence-electron chi connectivity index (χ4n) is 5.54. The molecule has 0 radical (unpaired) electrons. The van der Waals surface area contributed by atoms with Gasteiger partial charge in [-0.1, -0.05) is 48.7 Å². The third-order valence-corrected chi connectivity index (χ3v) is 7.70. The predicted octanol–water partition coefficient (Wildman–Crippen LogP) is 4.46. The van der Waals surface area contributed by atoms with Gasteiger partial charge in [-0.3, -0.25) is 14.5 Å². The van der Waals surface area contributed by atoms with Gasteiger partial charge in [0.2, 0.25) is 11.8 Å². The van der Waals surface area contributed by atoms with E-state index in [1.807, 2.05) is 24.3 Å². The number of benzene rings is 3. The molecule has 0 aliphatic heterocycles. The number of methoxy groups -OCH3 is 3. The van der Waals surface area contributed by atoms with Crippen molar-refractivity contribution in [2.75, 3.05) is 26.2 Å². The van der Waals surface area contributed by atoms with Crippen LogP contribution in [0.4, 0.5) is 5.69 Å². The molecule has 43 heavy (non-hydrogen) atoms. The number of carbonyl (C=O) groups is 3. The van der Waals surface area contributed by atoms with E-state index in [4.69, 9.17) is 14.2 Å². The summed E-state index contributed by atoms with van der Waals surface area (Å²) in [6, 6.07) is 17.8. The average Bonchev–Trinajstić information content (AvgIpc) is 3.45. The third-order valence-electron chi connectivity index (χ3n) is 7.70. The zero-order chi connectivity index (χ0) is 30.3. The lowest BCUT2D eigenvalue weighted by atomic mass is 9.94. The molecule has 0 spiro atoms. The van der Waals surface area contributed by atoms with Gasteiger partial charge in [-0.2, -0.15) is 0 Å². The summed E-state index contributed by atoms with van der Waals surface area (Å²) in [7, 11) is 4.33. The number of fused-ring (bicyclic) bond motifs is 1. The number of nitrogens with one attached hydrogen (secondary N) is 1. The van der Waals surface area contributed by atoms with Gasteiger partial charge in [0.25, 0.3) is 0 Å². The summed E-state index contributed by atoms with van der Waals surface area (Å²) >= 11 is 0. The lowest BCUT2D eigenvalue weighted by Crippen LogP contribution is -2.48. The Kier molecular flexibility index (Phi) is 9.19. The van der Waals surface area contributed by atoms with Crippen LogP contribution in [-0.2, 0) is 20.9 Å². The van der Waals surface area contributed by atoms with E-state index < -0.39 is 17.9 Å². The standard InChI is InChI=1S/C32H35N5O6/c1-41-27-17-16-21(19-28(27)42-2)30(31(39)33-23-11-5-4-6-12-23)37(24-13-9-10-22(18-24)32(40)43-3)29(38)20-36-26-15-8-7-14-25(26)34-35-36/h7-10,13-19,23,30H,4-6,11-12,20H2,1-3H3,(H,33,39)/t30-/m1/s1. The molecule has 1 fully saturated rings. The average molecular weight is 586 g/mol. The maximum absolute atomic E-state index is 14.4. The van der Waals surface area contributed by atoms with Crippen molar-refractivity contribution in [3.05, 3.63) is 77.9 Å². The topological polar surface area (TPSA) is 125 Å². The largest absolute Gasteiger partial charge is 0.493 e. The lowest BCUT2D eigenvalue weighted by Gasteiger charge is -2.34. The molecule has 1 heterocycles. The maximum Gasteiger partial charge on any atom is 0.337 e. The number of rotatable bonds is 10. The number of anilines is 1. The minimum Gasteiger partial charge on any atom is -0.493 e.